The highest BCUT2D eigenvalue weighted by molar-refractivity contribution is 5.86. The maximum absolute atomic E-state index is 13.2. The molecule has 0 spiro atoms. The lowest BCUT2D eigenvalue weighted by Gasteiger charge is -2.54. The number of hydrogen-bond acceptors (Lipinski definition) is 6. The first-order valence-corrected chi connectivity index (χ1v) is 11.0. The van der Waals surface area contributed by atoms with Crippen LogP contribution in [0.25, 0.3) is 0 Å². The Balaban J connectivity index is 0.00000320. The SMILES string of the molecule is Cc1nc(C)nc(N(CCN2CC(C)(C)N(C)C(C)(C)C2=O)C2CCCCC2)n1.[HH]. The zero-order chi connectivity index (χ0) is 21.4. The summed E-state index contributed by atoms with van der Waals surface area (Å²) in [5.74, 6) is 2.48. The first-order valence-electron chi connectivity index (χ1n) is 11.0. The number of aromatic nitrogens is 3. The van der Waals surface area contributed by atoms with Crippen molar-refractivity contribution in [2.75, 3.05) is 31.6 Å². The van der Waals surface area contributed by atoms with Crippen molar-refractivity contribution in [1.29, 1.82) is 0 Å². The molecule has 1 aromatic heterocycles. The third kappa shape index (κ3) is 4.55. The second kappa shape index (κ2) is 8.17. The van der Waals surface area contributed by atoms with Crippen LogP contribution in [0.3, 0.4) is 0 Å². The maximum Gasteiger partial charge on any atom is 0.242 e. The summed E-state index contributed by atoms with van der Waals surface area (Å²) in [5, 5.41) is 0. The van der Waals surface area contributed by atoms with Crippen LogP contribution in [0.1, 0.15) is 72.9 Å². The number of nitrogens with zero attached hydrogens (tertiary/aromatic N) is 6. The van der Waals surface area contributed by atoms with E-state index in [4.69, 9.17) is 0 Å². The van der Waals surface area contributed by atoms with E-state index in [9.17, 15) is 4.79 Å². The second-order valence-corrected chi connectivity index (χ2v) is 9.87. The van der Waals surface area contributed by atoms with E-state index in [1.165, 1.54) is 19.3 Å². The maximum atomic E-state index is 13.2. The number of hydrogen-bond donors (Lipinski definition) is 0. The van der Waals surface area contributed by atoms with Crippen molar-refractivity contribution in [1.82, 2.24) is 24.8 Å². The normalized spacial score (nSPS) is 22.7. The summed E-state index contributed by atoms with van der Waals surface area (Å²) < 4.78 is 0. The molecule has 0 atom stereocenters. The Labute approximate surface area is 177 Å². The summed E-state index contributed by atoms with van der Waals surface area (Å²) in [7, 11) is 2.06. The molecule has 2 heterocycles. The summed E-state index contributed by atoms with van der Waals surface area (Å²) in [6, 6.07) is 0.438. The average Bonchev–Trinajstić information content (AvgIpc) is 2.65. The van der Waals surface area contributed by atoms with Crippen molar-refractivity contribution in [3.05, 3.63) is 11.6 Å². The third-order valence-electron chi connectivity index (χ3n) is 6.87. The van der Waals surface area contributed by atoms with Crippen LogP contribution >= 0.6 is 0 Å². The molecule has 0 unspecified atom stereocenters. The predicted octanol–water partition coefficient (Wildman–Crippen LogP) is 3.20. The molecule has 7 heteroatoms. The molecule has 1 aromatic rings. The van der Waals surface area contributed by atoms with E-state index >= 15 is 0 Å². The number of amides is 1. The van der Waals surface area contributed by atoms with Crippen molar-refractivity contribution in [2.45, 2.75) is 90.8 Å². The number of piperazine rings is 1. The Bertz CT molecular complexity index is 727. The quantitative estimate of drug-likeness (QED) is 0.751. The van der Waals surface area contributed by atoms with E-state index < -0.39 is 5.54 Å². The zero-order valence-electron chi connectivity index (χ0n) is 19.3. The molecule has 2 aliphatic rings. The Morgan fingerprint density at radius 1 is 1.03 bits per heavy atom. The van der Waals surface area contributed by atoms with Gasteiger partial charge in [-0.25, -0.2) is 4.98 Å². The molecule has 1 aliphatic carbocycles. The Morgan fingerprint density at radius 2 is 1.62 bits per heavy atom. The minimum atomic E-state index is -0.502. The fraction of sp³-hybridized carbons (Fsp3) is 0.818. The highest BCUT2D eigenvalue weighted by atomic mass is 16.2. The lowest BCUT2D eigenvalue weighted by atomic mass is 9.87. The number of aryl methyl sites for hydroxylation is 2. The van der Waals surface area contributed by atoms with Gasteiger partial charge in [0.25, 0.3) is 0 Å². The van der Waals surface area contributed by atoms with Crippen molar-refractivity contribution in [3.63, 3.8) is 0 Å². The van der Waals surface area contributed by atoms with Crippen LogP contribution in [0.15, 0.2) is 0 Å². The Morgan fingerprint density at radius 3 is 2.21 bits per heavy atom. The average molecular weight is 405 g/mol. The minimum Gasteiger partial charge on any atom is -0.337 e. The standard InChI is InChI=1S/C22H38N6O.H2/c1-16-23-17(2)25-20(24-16)28(18-11-9-8-10-12-18)14-13-27-15-21(3,4)26(7)22(5,6)19(27)29;/h18H,8-15H2,1-7H3;1H. The highest BCUT2D eigenvalue weighted by Crippen LogP contribution is 2.32. The van der Waals surface area contributed by atoms with E-state index in [1.54, 1.807) is 0 Å². The third-order valence-corrected chi connectivity index (χ3v) is 6.87. The van der Waals surface area contributed by atoms with Gasteiger partial charge in [-0.15, -0.1) is 0 Å². The molecular formula is C22H40N6O. The highest BCUT2D eigenvalue weighted by Gasteiger charge is 2.48. The van der Waals surface area contributed by atoms with Gasteiger partial charge >= 0.3 is 0 Å². The van der Waals surface area contributed by atoms with Crippen LogP contribution in [0.2, 0.25) is 0 Å². The molecule has 0 N–H and O–H groups in total. The van der Waals surface area contributed by atoms with E-state index in [0.717, 1.165) is 43.5 Å². The first-order chi connectivity index (χ1) is 13.5. The largest absolute Gasteiger partial charge is 0.337 e. The molecule has 29 heavy (non-hydrogen) atoms. The molecule has 164 valence electrons. The monoisotopic (exact) mass is 404 g/mol. The Kier molecular flexibility index (Phi) is 6.18. The number of carbonyl (C=O) groups excluding carboxylic acids is 1. The second-order valence-electron chi connectivity index (χ2n) is 9.87. The molecule has 0 radical (unpaired) electrons. The molecule has 1 saturated carbocycles. The lowest BCUT2D eigenvalue weighted by Crippen LogP contribution is -2.70. The molecule has 7 nitrogen and oxygen atoms in total. The van der Waals surface area contributed by atoms with Gasteiger partial charge in [-0.2, -0.15) is 9.97 Å². The lowest BCUT2D eigenvalue weighted by molar-refractivity contribution is -0.157. The van der Waals surface area contributed by atoms with Crippen LogP contribution < -0.4 is 4.90 Å². The van der Waals surface area contributed by atoms with Gasteiger partial charge in [-0.1, -0.05) is 19.3 Å². The van der Waals surface area contributed by atoms with Crippen molar-refractivity contribution >= 4 is 11.9 Å². The summed E-state index contributed by atoms with van der Waals surface area (Å²) in [5.41, 5.74) is -0.564. The molecule has 2 fully saturated rings. The molecule has 0 bridgehead atoms. The van der Waals surface area contributed by atoms with Crippen LogP contribution in [0.5, 0.6) is 0 Å². The van der Waals surface area contributed by atoms with Crippen molar-refractivity contribution in [3.8, 4) is 0 Å². The smallest absolute Gasteiger partial charge is 0.242 e. The Hall–Kier alpha value is -1.76. The van der Waals surface area contributed by atoms with Gasteiger partial charge in [0, 0.05) is 32.6 Å². The fourth-order valence-corrected chi connectivity index (χ4v) is 4.91. The molecule has 1 aliphatic heterocycles. The number of anilines is 1. The minimum absolute atomic E-state index is 0. The topological polar surface area (TPSA) is 65.5 Å². The number of carbonyl (C=O) groups is 1. The van der Waals surface area contributed by atoms with Gasteiger partial charge in [0.1, 0.15) is 11.6 Å². The number of rotatable bonds is 5. The van der Waals surface area contributed by atoms with Crippen LogP contribution in [-0.4, -0.2) is 74.5 Å². The van der Waals surface area contributed by atoms with Gasteiger partial charge in [0.15, 0.2) is 0 Å². The van der Waals surface area contributed by atoms with Crippen LogP contribution in [0.4, 0.5) is 5.95 Å². The van der Waals surface area contributed by atoms with Gasteiger partial charge in [-0.05, 0) is 61.4 Å². The summed E-state index contributed by atoms with van der Waals surface area (Å²) >= 11 is 0. The van der Waals surface area contributed by atoms with Crippen molar-refractivity contribution < 1.29 is 6.22 Å². The van der Waals surface area contributed by atoms with E-state index in [0.29, 0.717) is 12.6 Å². The van der Waals surface area contributed by atoms with Crippen LogP contribution in [0, 0.1) is 13.8 Å². The van der Waals surface area contributed by atoms with E-state index in [2.05, 4.69) is 45.6 Å². The van der Waals surface area contributed by atoms with Gasteiger partial charge in [-0.3, -0.25) is 9.69 Å². The summed E-state index contributed by atoms with van der Waals surface area (Å²) in [6.07, 6.45) is 6.13. The summed E-state index contributed by atoms with van der Waals surface area (Å²) in [4.78, 5) is 33.4. The summed E-state index contributed by atoms with van der Waals surface area (Å²) in [6.45, 7) is 14.5. The first kappa shape index (κ1) is 21.9. The van der Waals surface area contributed by atoms with Crippen LogP contribution in [-0.2, 0) is 4.79 Å². The molecule has 1 amide bonds. The fourth-order valence-electron chi connectivity index (χ4n) is 4.91. The molecular weight excluding hydrogens is 364 g/mol. The van der Waals surface area contributed by atoms with E-state index in [-0.39, 0.29) is 12.9 Å². The van der Waals surface area contributed by atoms with Gasteiger partial charge in [0.05, 0.1) is 5.54 Å². The van der Waals surface area contributed by atoms with E-state index in [1.807, 2.05) is 32.6 Å². The van der Waals surface area contributed by atoms with Crippen molar-refractivity contribution in [2.24, 2.45) is 0 Å². The molecule has 0 aromatic carbocycles. The zero-order valence-corrected chi connectivity index (χ0v) is 19.3. The number of likely N-dealkylation sites (N-methyl/N-ethyl adjacent to an activating group) is 1. The van der Waals surface area contributed by atoms with Gasteiger partial charge < -0.3 is 9.80 Å². The van der Waals surface area contributed by atoms with Gasteiger partial charge in [0.2, 0.25) is 11.9 Å². The molecule has 1 saturated heterocycles. The molecule has 3 rings (SSSR count). The predicted molar refractivity (Wildman–Crippen MR) is 118 cm³/mol.